The number of ether oxygens (including phenoxy) is 1. The number of nitrogens with zero attached hydrogens (tertiary/aromatic N) is 3. The summed E-state index contributed by atoms with van der Waals surface area (Å²) in [7, 11) is 1.54. The Morgan fingerprint density at radius 2 is 1.96 bits per heavy atom. The van der Waals surface area contributed by atoms with Crippen LogP contribution in [-0.2, 0) is 13.1 Å². The van der Waals surface area contributed by atoms with Crippen molar-refractivity contribution >= 4 is 5.96 Å². The number of benzene rings is 1. The molecule has 0 spiro atoms. The van der Waals surface area contributed by atoms with Crippen molar-refractivity contribution in [3.63, 3.8) is 0 Å². The van der Waals surface area contributed by atoms with Crippen LogP contribution in [0.15, 0.2) is 52.1 Å². The number of hydrogen-bond donors (Lipinski definition) is 3. The third-order valence-electron chi connectivity index (χ3n) is 3.56. The summed E-state index contributed by atoms with van der Waals surface area (Å²) in [4.78, 5) is 8.31. The molecule has 3 aromatic rings. The highest BCUT2D eigenvalue weighted by Crippen LogP contribution is 2.26. The van der Waals surface area contributed by atoms with Crippen molar-refractivity contribution in [2.75, 3.05) is 7.05 Å². The zero-order valence-corrected chi connectivity index (χ0v) is 14.7. The first-order valence-corrected chi connectivity index (χ1v) is 8.18. The van der Waals surface area contributed by atoms with Crippen LogP contribution in [0.25, 0.3) is 11.6 Å². The molecule has 0 aliphatic rings. The SMILES string of the molecule is CN=C(NCc1nc(-c2ccco2)n[nH]1)NCc1ccccc1OC(F)(F)F. The lowest BCUT2D eigenvalue weighted by atomic mass is 10.2. The molecule has 148 valence electrons. The number of hydrogen-bond acceptors (Lipinski definition) is 5. The van der Waals surface area contributed by atoms with Crippen LogP contribution in [0.4, 0.5) is 13.2 Å². The van der Waals surface area contributed by atoms with Crippen LogP contribution in [-0.4, -0.2) is 34.6 Å². The summed E-state index contributed by atoms with van der Waals surface area (Å²) in [5.74, 6) is 1.60. The van der Waals surface area contributed by atoms with Gasteiger partial charge in [-0.3, -0.25) is 10.1 Å². The highest BCUT2D eigenvalue weighted by atomic mass is 19.4. The highest BCUT2D eigenvalue weighted by Gasteiger charge is 2.31. The van der Waals surface area contributed by atoms with Crippen LogP contribution in [0.3, 0.4) is 0 Å². The van der Waals surface area contributed by atoms with Crippen LogP contribution >= 0.6 is 0 Å². The number of aliphatic imine (C=N–C) groups is 1. The van der Waals surface area contributed by atoms with E-state index in [1.54, 1.807) is 25.2 Å². The smallest absolute Gasteiger partial charge is 0.461 e. The lowest BCUT2D eigenvalue weighted by Crippen LogP contribution is -2.36. The molecule has 0 saturated heterocycles. The lowest BCUT2D eigenvalue weighted by molar-refractivity contribution is -0.274. The number of H-pyrrole nitrogens is 1. The molecule has 0 fully saturated rings. The fraction of sp³-hybridized carbons (Fsp3) is 0.235. The van der Waals surface area contributed by atoms with Gasteiger partial charge in [0.1, 0.15) is 11.6 Å². The maximum Gasteiger partial charge on any atom is 0.573 e. The first kappa shape index (κ1) is 19.3. The molecule has 3 rings (SSSR count). The van der Waals surface area contributed by atoms with Gasteiger partial charge in [0.15, 0.2) is 11.7 Å². The van der Waals surface area contributed by atoms with Crippen molar-refractivity contribution in [2.45, 2.75) is 19.5 Å². The fourth-order valence-electron chi connectivity index (χ4n) is 2.33. The van der Waals surface area contributed by atoms with Crippen molar-refractivity contribution in [1.29, 1.82) is 0 Å². The van der Waals surface area contributed by atoms with Crippen LogP contribution in [0.2, 0.25) is 0 Å². The first-order chi connectivity index (χ1) is 13.4. The largest absolute Gasteiger partial charge is 0.573 e. The van der Waals surface area contributed by atoms with E-state index >= 15 is 0 Å². The van der Waals surface area contributed by atoms with Crippen molar-refractivity contribution in [3.05, 3.63) is 54.0 Å². The number of rotatable bonds is 6. The average Bonchev–Trinajstić information content (AvgIpc) is 3.33. The summed E-state index contributed by atoms with van der Waals surface area (Å²) in [5, 5.41) is 12.7. The number of halogens is 3. The van der Waals surface area contributed by atoms with Gasteiger partial charge in [-0.1, -0.05) is 18.2 Å². The van der Waals surface area contributed by atoms with E-state index in [1.807, 2.05) is 0 Å². The van der Waals surface area contributed by atoms with Gasteiger partial charge in [0.25, 0.3) is 0 Å². The van der Waals surface area contributed by atoms with Gasteiger partial charge in [-0.2, -0.15) is 0 Å². The van der Waals surface area contributed by atoms with E-state index in [9.17, 15) is 13.2 Å². The van der Waals surface area contributed by atoms with E-state index in [0.717, 1.165) is 0 Å². The zero-order chi connectivity index (χ0) is 20.0. The molecule has 0 bridgehead atoms. The van der Waals surface area contributed by atoms with Crippen LogP contribution in [0, 0.1) is 0 Å². The van der Waals surface area contributed by atoms with Crippen molar-refractivity contribution in [1.82, 2.24) is 25.8 Å². The van der Waals surface area contributed by atoms with E-state index in [0.29, 0.717) is 28.9 Å². The maximum atomic E-state index is 12.5. The highest BCUT2D eigenvalue weighted by molar-refractivity contribution is 5.79. The van der Waals surface area contributed by atoms with Gasteiger partial charge >= 0.3 is 6.36 Å². The molecule has 0 saturated carbocycles. The third kappa shape index (κ3) is 5.25. The van der Waals surface area contributed by atoms with E-state index in [2.05, 4.69) is 35.5 Å². The normalized spacial score (nSPS) is 12.1. The second kappa shape index (κ2) is 8.46. The zero-order valence-electron chi connectivity index (χ0n) is 14.7. The monoisotopic (exact) mass is 394 g/mol. The van der Waals surface area contributed by atoms with E-state index in [1.165, 1.54) is 24.5 Å². The average molecular weight is 394 g/mol. The quantitative estimate of drug-likeness (QED) is 0.439. The molecule has 1 aromatic carbocycles. The molecule has 11 heteroatoms. The van der Waals surface area contributed by atoms with Crippen molar-refractivity contribution in [3.8, 4) is 17.3 Å². The fourth-order valence-corrected chi connectivity index (χ4v) is 2.33. The predicted molar refractivity (Wildman–Crippen MR) is 94.2 cm³/mol. The van der Waals surface area contributed by atoms with E-state index < -0.39 is 6.36 Å². The van der Waals surface area contributed by atoms with Gasteiger partial charge in [-0.25, -0.2) is 4.98 Å². The maximum absolute atomic E-state index is 12.5. The number of alkyl halides is 3. The number of nitrogens with one attached hydrogen (secondary N) is 3. The number of aromatic amines is 1. The molecular weight excluding hydrogens is 377 g/mol. The number of para-hydroxylation sites is 1. The van der Waals surface area contributed by atoms with E-state index in [4.69, 9.17) is 4.42 Å². The standard InChI is InChI=1S/C17H17F3N6O2/c1-21-16(22-9-11-5-2-3-6-12(11)28-17(18,19)20)23-10-14-24-15(26-25-14)13-7-4-8-27-13/h2-8H,9-10H2,1H3,(H2,21,22,23)(H,24,25,26). The predicted octanol–water partition coefficient (Wildman–Crippen LogP) is 2.83. The molecule has 0 radical (unpaired) electrons. The summed E-state index contributed by atoms with van der Waals surface area (Å²) >= 11 is 0. The number of guanidine groups is 1. The Morgan fingerprint density at radius 1 is 1.18 bits per heavy atom. The Labute approximate surface area is 157 Å². The van der Waals surface area contributed by atoms with Crippen molar-refractivity contribution < 1.29 is 22.3 Å². The van der Waals surface area contributed by atoms with Gasteiger partial charge in [-0.05, 0) is 18.2 Å². The molecular formula is C17H17F3N6O2. The lowest BCUT2D eigenvalue weighted by Gasteiger charge is -2.15. The Hall–Kier alpha value is -3.50. The Bertz CT molecular complexity index is 921. The Kier molecular flexibility index (Phi) is 5.82. The third-order valence-corrected chi connectivity index (χ3v) is 3.56. The Morgan fingerprint density at radius 3 is 2.68 bits per heavy atom. The van der Waals surface area contributed by atoms with Gasteiger partial charge in [0, 0.05) is 19.2 Å². The topological polar surface area (TPSA) is 100 Å². The van der Waals surface area contributed by atoms with E-state index in [-0.39, 0.29) is 18.8 Å². The molecule has 0 unspecified atom stereocenters. The molecule has 0 aliphatic carbocycles. The van der Waals surface area contributed by atoms with Gasteiger partial charge in [0.2, 0.25) is 5.82 Å². The first-order valence-electron chi connectivity index (χ1n) is 8.18. The Balaban J connectivity index is 1.56. The molecule has 2 heterocycles. The van der Waals surface area contributed by atoms with Crippen LogP contribution in [0.1, 0.15) is 11.4 Å². The van der Waals surface area contributed by atoms with Gasteiger partial charge in [0.05, 0.1) is 12.8 Å². The summed E-state index contributed by atoms with van der Waals surface area (Å²) < 4.78 is 46.7. The molecule has 2 aromatic heterocycles. The summed E-state index contributed by atoms with van der Waals surface area (Å²) in [6.07, 6.45) is -3.23. The van der Waals surface area contributed by atoms with Crippen LogP contribution < -0.4 is 15.4 Å². The second-order valence-electron chi connectivity index (χ2n) is 5.52. The van der Waals surface area contributed by atoms with Gasteiger partial charge < -0.3 is 19.8 Å². The molecule has 0 amide bonds. The van der Waals surface area contributed by atoms with Gasteiger partial charge in [-0.15, -0.1) is 18.3 Å². The second-order valence-corrected chi connectivity index (χ2v) is 5.52. The molecule has 0 aliphatic heterocycles. The van der Waals surface area contributed by atoms with Crippen LogP contribution in [0.5, 0.6) is 5.75 Å². The molecule has 28 heavy (non-hydrogen) atoms. The summed E-state index contributed by atoms with van der Waals surface area (Å²) in [6, 6.07) is 9.36. The number of furan rings is 1. The molecule has 3 N–H and O–H groups in total. The van der Waals surface area contributed by atoms with Crippen molar-refractivity contribution in [2.24, 2.45) is 4.99 Å². The minimum atomic E-state index is -4.76. The molecule has 0 atom stereocenters. The summed E-state index contributed by atoms with van der Waals surface area (Å²) in [5.41, 5.74) is 0.336. The minimum Gasteiger partial charge on any atom is -0.461 e. The minimum absolute atomic E-state index is 0.0833. The number of aromatic nitrogens is 3. The molecule has 8 nitrogen and oxygen atoms in total. The summed E-state index contributed by atoms with van der Waals surface area (Å²) in [6.45, 7) is 0.355.